The molecule has 1 amide bonds. The van der Waals surface area contributed by atoms with Crippen molar-refractivity contribution in [3.63, 3.8) is 0 Å². The van der Waals surface area contributed by atoms with E-state index in [1.165, 1.54) is 17.3 Å². The van der Waals surface area contributed by atoms with E-state index in [2.05, 4.69) is 27.4 Å². The molecule has 0 aliphatic heterocycles. The smallest absolute Gasteiger partial charge is 0.252 e. The summed E-state index contributed by atoms with van der Waals surface area (Å²) in [5, 5.41) is 3.64. The van der Waals surface area contributed by atoms with Crippen LogP contribution in [0.15, 0.2) is 78.1 Å². The number of thioether (sulfide) groups is 1. The molecule has 144 valence electrons. The Labute approximate surface area is 169 Å². The second-order valence-corrected chi connectivity index (χ2v) is 7.33. The molecule has 0 saturated heterocycles. The first-order valence-corrected chi connectivity index (χ1v) is 10.2. The molecule has 0 fully saturated rings. The van der Waals surface area contributed by atoms with Crippen LogP contribution in [0.2, 0.25) is 0 Å². The van der Waals surface area contributed by atoms with Crippen molar-refractivity contribution >= 4 is 17.7 Å². The molecule has 28 heavy (non-hydrogen) atoms. The summed E-state index contributed by atoms with van der Waals surface area (Å²) in [6.45, 7) is 2.03. The van der Waals surface area contributed by atoms with Crippen LogP contribution < -0.4 is 10.1 Å². The van der Waals surface area contributed by atoms with Crippen molar-refractivity contribution in [1.29, 1.82) is 0 Å². The Morgan fingerprint density at radius 3 is 2.46 bits per heavy atom. The number of amides is 1. The molecular formula is C22H23N3O2S. The molecular weight excluding hydrogens is 370 g/mol. The summed E-state index contributed by atoms with van der Waals surface area (Å²) in [6.07, 6.45) is 5.01. The van der Waals surface area contributed by atoms with Gasteiger partial charge in [0.1, 0.15) is 5.75 Å². The zero-order valence-electron chi connectivity index (χ0n) is 15.7. The van der Waals surface area contributed by atoms with E-state index < -0.39 is 0 Å². The number of carbonyl (C=O) groups excluding carboxylic acids is 1. The highest BCUT2D eigenvalue weighted by atomic mass is 32.2. The van der Waals surface area contributed by atoms with Crippen LogP contribution in [-0.4, -0.2) is 27.7 Å². The number of aromatic nitrogens is 2. The Balaban J connectivity index is 1.48. The summed E-state index contributed by atoms with van der Waals surface area (Å²) in [5.74, 6) is 1.33. The molecule has 1 aromatic heterocycles. The predicted molar refractivity (Wildman–Crippen MR) is 112 cm³/mol. The number of carbonyl (C=O) groups is 1. The maximum absolute atomic E-state index is 12.3. The molecule has 1 heterocycles. The lowest BCUT2D eigenvalue weighted by Crippen LogP contribution is -2.34. The highest BCUT2D eigenvalue weighted by Crippen LogP contribution is 2.28. The summed E-state index contributed by atoms with van der Waals surface area (Å²) in [7, 11) is 0. The van der Waals surface area contributed by atoms with E-state index in [0.717, 1.165) is 12.8 Å². The third-order valence-corrected chi connectivity index (χ3v) is 5.01. The van der Waals surface area contributed by atoms with Crippen molar-refractivity contribution in [2.75, 3.05) is 5.75 Å². The maximum Gasteiger partial charge on any atom is 0.252 e. The van der Waals surface area contributed by atoms with Gasteiger partial charge in [-0.05, 0) is 37.5 Å². The molecule has 0 aliphatic carbocycles. The molecule has 0 unspecified atom stereocenters. The number of nitrogens with one attached hydrogen (secondary N) is 1. The van der Waals surface area contributed by atoms with Gasteiger partial charge in [-0.1, -0.05) is 60.3 Å². The number of aryl methyl sites for hydroxylation is 1. The van der Waals surface area contributed by atoms with Crippen LogP contribution in [-0.2, 0) is 11.2 Å². The standard InChI is InChI=1S/C22H23N3O2S/c1-17(12-13-18-8-4-2-5-9-18)25-20(26)16-28-22-21(23-14-15-24-22)27-19-10-6-3-7-11-19/h2-11,14-15,17H,12-13,16H2,1H3,(H,25,26)/t17-/m1/s1. The molecule has 0 bridgehead atoms. The molecule has 0 radical (unpaired) electrons. The summed E-state index contributed by atoms with van der Waals surface area (Å²) in [6, 6.07) is 19.8. The van der Waals surface area contributed by atoms with Crippen molar-refractivity contribution in [1.82, 2.24) is 15.3 Å². The average Bonchev–Trinajstić information content (AvgIpc) is 2.73. The lowest BCUT2D eigenvalue weighted by molar-refractivity contribution is -0.119. The normalized spacial score (nSPS) is 11.6. The third kappa shape index (κ3) is 6.39. The van der Waals surface area contributed by atoms with E-state index >= 15 is 0 Å². The molecule has 3 rings (SSSR count). The van der Waals surface area contributed by atoms with Gasteiger partial charge in [0.15, 0.2) is 5.03 Å². The molecule has 3 aromatic rings. The van der Waals surface area contributed by atoms with Crippen LogP contribution in [0.1, 0.15) is 18.9 Å². The van der Waals surface area contributed by atoms with E-state index in [1.807, 2.05) is 55.5 Å². The SMILES string of the molecule is C[C@H](CCc1ccccc1)NC(=O)CSc1nccnc1Oc1ccccc1. The van der Waals surface area contributed by atoms with Gasteiger partial charge in [-0.2, -0.15) is 0 Å². The third-order valence-electron chi connectivity index (χ3n) is 4.05. The summed E-state index contributed by atoms with van der Waals surface area (Å²) in [5.41, 5.74) is 1.28. The quantitative estimate of drug-likeness (QED) is 0.542. The average molecular weight is 394 g/mol. The van der Waals surface area contributed by atoms with Gasteiger partial charge in [0.05, 0.1) is 5.75 Å². The molecule has 1 atom stereocenters. The minimum absolute atomic E-state index is 0.0260. The zero-order chi connectivity index (χ0) is 19.6. The van der Waals surface area contributed by atoms with Crippen LogP contribution in [0.3, 0.4) is 0 Å². The number of para-hydroxylation sites is 1. The molecule has 0 spiro atoms. The molecule has 2 aromatic carbocycles. The summed E-state index contributed by atoms with van der Waals surface area (Å²) >= 11 is 1.32. The van der Waals surface area contributed by atoms with Gasteiger partial charge in [-0.3, -0.25) is 4.79 Å². The Hall–Kier alpha value is -2.86. The lowest BCUT2D eigenvalue weighted by Gasteiger charge is -2.14. The van der Waals surface area contributed by atoms with Gasteiger partial charge < -0.3 is 10.1 Å². The van der Waals surface area contributed by atoms with Crippen molar-refractivity contribution in [3.05, 3.63) is 78.6 Å². The van der Waals surface area contributed by atoms with Gasteiger partial charge in [-0.25, -0.2) is 9.97 Å². The van der Waals surface area contributed by atoms with Crippen molar-refractivity contribution in [2.24, 2.45) is 0 Å². The lowest BCUT2D eigenvalue weighted by atomic mass is 10.1. The first kappa shape index (κ1) is 19.9. The second kappa shape index (κ2) is 10.5. The molecule has 5 nitrogen and oxygen atoms in total. The van der Waals surface area contributed by atoms with Crippen molar-refractivity contribution in [2.45, 2.75) is 30.8 Å². The monoisotopic (exact) mass is 393 g/mol. The van der Waals surface area contributed by atoms with Gasteiger partial charge in [-0.15, -0.1) is 0 Å². The first-order valence-electron chi connectivity index (χ1n) is 9.20. The van der Waals surface area contributed by atoms with E-state index in [1.54, 1.807) is 12.4 Å². The Kier molecular flexibility index (Phi) is 7.44. The molecule has 1 N–H and O–H groups in total. The number of ether oxygens (including phenoxy) is 1. The number of hydrogen-bond donors (Lipinski definition) is 1. The van der Waals surface area contributed by atoms with Gasteiger partial charge >= 0.3 is 0 Å². The van der Waals surface area contributed by atoms with Gasteiger partial charge in [0.25, 0.3) is 5.88 Å². The van der Waals surface area contributed by atoms with Crippen LogP contribution in [0, 0.1) is 0 Å². The zero-order valence-corrected chi connectivity index (χ0v) is 16.6. The topological polar surface area (TPSA) is 64.1 Å². The van der Waals surface area contributed by atoms with E-state index in [-0.39, 0.29) is 17.7 Å². The highest BCUT2D eigenvalue weighted by molar-refractivity contribution is 8.00. The first-order chi connectivity index (χ1) is 13.7. The fourth-order valence-corrected chi connectivity index (χ4v) is 3.34. The number of rotatable bonds is 9. The van der Waals surface area contributed by atoms with E-state index in [0.29, 0.717) is 16.7 Å². The second-order valence-electron chi connectivity index (χ2n) is 6.36. The van der Waals surface area contributed by atoms with Gasteiger partial charge in [0, 0.05) is 18.4 Å². The highest BCUT2D eigenvalue weighted by Gasteiger charge is 2.13. The maximum atomic E-state index is 12.3. The van der Waals surface area contributed by atoms with Crippen LogP contribution in [0.4, 0.5) is 0 Å². The fourth-order valence-electron chi connectivity index (χ4n) is 2.63. The molecule has 0 aliphatic rings. The van der Waals surface area contributed by atoms with Gasteiger partial charge in [0.2, 0.25) is 5.91 Å². The van der Waals surface area contributed by atoms with E-state index in [4.69, 9.17) is 4.74 Å². The Morgan fingerprint density at radius 1 is 1.04 bits per heavy atom. The summed E-state index contributed by atoms with van der Waals surface area (Å²) in [4.78, 5) is 20.8. The Bertz CT molecular complexity index is 875. The minimum atomic E-state index is -0.0260. The number of hydrogen-bond acceptors (Lipinski definition) is 5. The van der Waals surface area contributed by atoms with Crippen molar-refractivity contribution < 1.29 is 9.53 Å². The number of benzene rings is 2. The van der Waals surface area contributed by atoms with Crippen molar-refractivity contribution in [3.8, 4) is 11.6 Å². The predicted octanol–water partition coefficient (Wildman–Crippen LogP) is 4.50. The Morgan fingerprint density at radius 2 is 1.71 bits per heavy atom. The van der Waals surface area contributed by atoms with Crippen LogP contribution in [0.5, 0.6) is 11.6 Å². The molecule has 0 saturated carbocycles. The van der Waals surface area contributed by atoms with E-state index in [9.17, 15) is 4.79 Å². The number of nitrogens with zero attached hydrogens (tertiary/aromatic N) is 2. The minimum Gasteiger partial charge on any atom is -0.437 e. The molecule has 6 heteroatoms. The largest absolute Gasteiger partial charge is 0.437 e. The van der Waals surface area contributed by atoms with Crippen LogP contribution in [0.25, 0.3) is 0 Å². The fraction of sp³-hybridized carbons (Fsp3) is 0.227. The van der Waals surface area contributed by atoms with Crippen LogP contribution >= 0.6 is 11.8 Å². The summed E-state index contributed by atoms with van der Waals surface area (Å²) < 4.78 is 5.78.